The number of thiocyanates is 1. The van der Waals surface area contributed by atoms with Crippen molar-refractivity contribution in [2.24, 2.45) is 0 Å². The van der Waals surface area contributed by atoms with Crippen LogP contribution in [0.15, 0.2) is 65.6 Å². The Morgan fingerprint density at radius 3 is 2.20 bits per heavy atom. The number of hydrogen-bond donors (Lipinski definition) is 0. The summed E-state index contributed by atoms with van der Waals surface area (Å²) < 4.78 is 54.6. The highest BCUT2D eigenvalue weighted by molar-refractivity contribution is 8.03. The maximum Gasteiger partial charge on any atom is 0.573 e. The smallest absolute Gasteiger partial charge is 0.406 e. The van der Waals surface area contributed by atoms with E-state index < -0.39 is 12.2 Å². The molecule has 3 rings (SSSR count). The predicted molar refractivity (Wildman–Crippen MR) is 107 cm³/mol. The van der Waals surface area contributed by atoms with Gasteiger partial charge in [-0.15, -0.1) is 13.2 Å². The molecule has 0 aliphatic heterocycles. The lowest BCUT2D eigenvalue weighted by atomic mass is 10.00. The van der Waals surface area contributed by atoms with E-state index in [2.05, 4.69) is 16.6 Å². The van der Waals surface area contributed by atoms with Crippen molar-refractivity contribution < 1.29 is 22.3 Å². The van der Waals surface area contributed by atoms with E-state index in [0.29, 0.717) is 5.56 Å². The van der Waals surface area contributed by atoms with Crippen LogP contribution < -0.4 is 4.74 Å². The lowest BCUT2D eigenvalue weighted by Crippen LogP contribution is -2.16. The molecule has 0 unspecified atom stereocenters. The maximum atomic E-state index is 13.9. The minimum Gasteiger partial charge on any atom is -0.406 e. The molecule has 150 valence electrons. The number of hydrogen-bond acceptors (Lipinski definition) is 3. The molecule has 2 nitrogen and oxygen atoms in total. The average molecular weight is 427 g/mol. The molecule has 7 heteroatoms. The fraction of sp³-hybridized carbons (Fsp3) is 0.0870. The number of rotatable bonds is 3. The van der Waals surface area contributed by atoms with Gasteiger partial charge in [-0.2, -0.15) is 5.26 Å². The monoisotopic (exact) mass is 427 g/mol. The second-order valence-corrected chi connectivity index (χ2v) is 7.02. The molecule has 0 aliphatic carbocycles. The van der Waals surface area contributed by atoms with Crippen LogP contribution in [-0.2, 0) is 0 Å². The van der Waals surface area contributed by atoms with Gasteiger partial charge in [0.2, 0.25) is 0 Å². The van der Waals surface area contributed by atoms with Gasteiger partial charge >= 0.3 is 6.36 Å². The molecule has 0 aromatic heterocycles. The van der Waals surface area contributed by atoms with E-state index in [0.717, 1.165) is 34.0 Å². The third-order valence-corrected chi connectivity index (χ3v) is 4.72. The SMILES string of the molecule is Cc1cc(-c2ccc(OC(F)(F)F)cc2)ccc1C#Cc1ccc(SC#N)c(F)c1. The van der Waals surface area contributed by atoms with Gasteiger partial charge in [0.05, 0.1) is 4.90 Å². The van der Waals surface area contributed by atoms with Gasteiger partial charge in [-0.3, -0.25) is 0 Å². The number of nitrogens with zero attached hydrogens (tertiary/aromatic N) is 1. The Morgan fingerprint density at radius 1 is 0.900 bits per heavy atom. The predicted octanol–water partition coefficient (Wildman–Crippen LogP) is 6.67. The van der Waals surface area contributed by atoms with Crippen molar-refractivity contribution >= 4 is 11.8 Å². The Morgan fingerprint density at radius 2 is 1.60 bits per heavy atom. The number of ether oxygens (including phenoxy) is 1. The Labute approximate surface area is 175 Å². The molecule has 0 saturated carbocycles. The standard InChI is InChI=1S/C23H13F4NOS/c1-15-12-19(18-7-9-20(10-8-18)29-23(25,26)27)6-5-17(15)4-2-16-3-11-22(30-14-28)21(24)13-16/h3,5-13H,1H3. The van der Waals surface area contributed by atoms with Crippen molar-refractivity contribution in [2.45, 2.75) is 18.2 Å². The first-order chi connectivity index (χ1) is 14.2. The summed E-state index contributed by atoms with van der Waals surface area (Å²) in [7, 11) is 0. The quantitative estimate of drug-likeness (QED) is 0.202. The zero-order valence-electron chi connectivity index (χ0n) is 15.5. The Bertz CT molecular complexity index is 1170. The van der Waals surface area contributed by atoms with E-state index in [4.69, 9.17) is 5.26 Å². The minimum atomic E-state index is -4.73. The highest BCUT2D eigenvalue weighted by Gasteiger charge is 2.30. The summed E-state index contributed by atoms with van der Waals surface area (Å²) in [6.45, 7) is 1.86. The van der Waals surface area contributed by atoms with Gasteiger partial charge in [-0.05, 0) is 71.8 Å². The molecule has 0 fully saturated rings. The highest BCUT2D eigenvalue weighted by atomic mass is 32.2. The summed E-state index contributed by atoms with van der Waals surface area (Å²) in [6, 6.07) is 15.5. The van der Waals surface area contributed by atoms with Gasteiger partial charge in [0, 0.05) is 11.1 Å². The second-order valence-electron chi connectivity index (χ2n) is 6.19. The first-order valence-electron chi connectivity index (χ1n) is 8.59. The van der Waals surface area contributed by atoms with Crippen LogP contribution in [0, 0.1) is 35.2 Å². The van der Waals surface area contributed by atoms with Gasteiger partial charge in [0.25, 0.3) is 0 Å². The van der Waals surface area contributed by atoms with Crippen LogP contribution in [0.3, 0.4) is 0 Å². The van der Waals surface area contributed by atoms with Gasteiger partial charge in [0.15, 0.2) is 0 Å². The number of halogens is 4. The van der Waals surface area contributed by atoms with Gasteiger partial charge in [-0.25, -0.2) is 4.39 Å². The van der Waals surface area contributed by atoms with Gasteiger partial charge < -0.3 is 4.74 Å². The molecule has 0 heterocycles. The van der Waals surface area contributed by atoms with E-state index >= 15 is 0 Å². The van der Waals surface area contributed by atoms with Gasteiger partial charge in [-0.1, -0.05) is 36.1 Å². The van der Waals surface area contributed by atoms with Crippen LogP contribution in [0.4, 0.5) is 17.6 Å². The van der Waals surface area contributed by atoms with Crippen LogP contribution in [0.2, 0.25) is 0 Å². The Kier molecular flexibility index (Phi) is 6.34. The summed E-state index contributed by atoms with van der Waals surface area (Å²) in [5, 5.41) is 10.5. The third-order valence-electron chi connectivity index (χ3n) is 4.08. The molecule has 30 heavy (non-hydrogen) atoms. The van der Waals surface area contributed by atoms with Crippen molar-refractivity contribution in [1.29, 1.82) is 5.26 Å². The van der Waals surface area contributed by atoms with Crippen LogP contribution in [0.1, 0.15) is 16.7 Å². The molecule has 3 aromatic rings. The average Bonchev–Trinajstić information content (AvgIpc) is 2.68. The van der Waals surface area contributed by atoms with Crippen molar-refractivity contribution in [1.82, 2.24) is 0 Å². The summed E-state index contributed by atoms with van der Waals surface area (Å²) in [4.78, 5) is 0.246. The number of benzene rings is 3. The number of aryl methyl sites for hydroxylation is 1. The summed E-state index contributed by atoms with van der Waals surface area (Å²) >= 11 is 0.749. The first-order valence-corrected chi connectivity index (χ1v) is 9.41. The second kappa shape index (κ2) is 8.94. The van der Waals surface area contributed by atoms with Crippen molar-refractivity contribution in [3.05, 3.63) is 83.2 Å². The number of thioether (sulfide) groups is 1. The van der Waals surface area contributed by atoms with Crippen LogP contribution in [0.25, 0.3) is 11.1 Å². The summed E-state index contributed by atoms with van der Waals surface area (Å²) in [5.74, 6) is 5.10. The molecule has 0 atom stereocenters. The van der Waals surface area contributed by atoms with Crippen molar-refractivity contribution in [3.8, 4) is 34.1 Å². The Balaban J connectivity index is 1.79. The number of alkyl halides is 3. The van der Waals surface area contributed by atoms with Crippen LogP contribution in [0.5, 0.6) is 5.75 Å². The topological polar surface area (TPSA) is 33.0 Å². The normalized spacial score (nSPS) is 10.7. The van der Waals surface area contributed by atoms with Gasteiger partial charge in [0.1, 0.15) is 17.0 Å². The lowest BCUT2D eigenvalue weighted by molar-refractivity contribution is -0.274. The third kappa shape index (κ3) is 5.56. The minimum absolute atomic E-state index is 0.246. The molecule has 0 saturated heterocycles. The molecule has 0 amide bonds. The van der Waals surface area contributed by atoms with Crippen molar-refractivity contribution in [2.75, 3.05) is 0 Å². The summed E-state index contributed by atoms with van der Waals surface area (Å²) in [6.07, 6.45) is -4.73. The van der Waals surface area contributed by atoms with E-state index in [9.17, 15) is 17.6 Å². The zero-order valence-corrected chi connectivity index (χ0v) is 16.4. The molecule has 3 aromatic carbocycles. The molecule has 0 aliphatic rings. The summed E-state index contributed by atoms with van der Waals surface area (Å²) in [5.41, 5.74) is 3.65. The largest absolute Gasteiger partial charge is 0.573 e. The molecule has 0 spiro atoms. The van der Waals surface area contributed by atoms with E-state index in [1.54, 1.807) is 24.3 Å². The fourth-order valence-corrected chi connectivity index (χ4v) is 3.07. The van der Waals surface area contributed by atoms with Crippen LogP contribution in [-0.4, -0.2) is 6.36 Å². The molecule has 0 radical (unpaired) electrons. The molecule has 0 N–H and O–H groups in total. The lowest BCUT2D eigenvalue weighted by Gasteiger charge is -2.10. The van der Waals surface area contributed by atoms with E-state index in [-0.39, 0.29) is 10.6 Å². The first kappa shape index (κ1) is 21.3. The Hall–Kier alpha value is -3.42. The number of nitriles is 1. The fourth-order valence-electron chi connectivity index (χ4n) is 2.68. The van der Waals surface area contributed by atoms with Crippen LogP contribution >= 0.6 is 11.8 Å². The van der Waals surface area contributed by atoms with E-state index in [1.165, 1.54) is 24.3 Å². The molecular weight excluding hydrogens is 414 g/mol. The zero-order chi connectivity index (χ0) is 21.7. The highest BCUT2D eigenvalue weighted by Crippen LogP contribution is 2.27. The van der Waals surface area contributed by atoms with Crippen molar-refractivity contribution in [3.63, 3.8) is 0 Å². The maximum absolute atomic E-state index is 13.9. The molecule has 0 bridgehead atoms. The van der Waals surface area contributed by atoms with E-state index in [1.807, 2.05) is 24.5 Å². The molecular formula is C23H13F4NOS.